The Morgan fingerprint density at radius 1 is 0.500 bits per heavy atom. The van der Waals surface area contributed by atoms with E-state index in [4.69, 9.17) is 9.47 Å². The normalized spacial score (nSPS) is 11.3. The van der Waals surface area contributed by atoms with Crippen LogP contribution in [0, 0.1) is 0 Å². The van der Waals surface area contributed by atoms with Crippen LogP contribution in [0.1, 0.15) is 90.9 Å². The minimum absolute atomic E-state index is 0.796. The zero-order chi connectivity index (χ0) is 22.4. The van der Waals surface area contributed by atoms with Gasteiger partial charge in [-0.1, -0.05) is 102 Å². The van der Waals surface area contributed by atoms with Crippen LogP contribution in [-0.4, -0.2) is 13.2 Å². The summed E-state index contributed by atoms with van der Waals surface area (Å²) in [6.07, 6.45) is 15.4. The average Bonchev–Trinajstić information content (AvgIpc) is 2.82. The standard InChI is InChI=1S/C30H42O2/c1-3-5-7-9-11-13-21-31-29-19-15-17-25-24-28-26(23-27(25)29)18-16-20-30(28)32-22-14-12-10-8-6-4-2/h15-20,23-24H,3-14,21-22H2,1-2H3. The summed E-state index contributed by atoms with van der Waals surface area (Å²) in [7, 11) is 0. The lowest BCUT2D eigenvalue weighted by atomic mass is 10.0. The summed E-state index contributed by atoms with van der Waals surface area (Å²) in [5.41, 5.74) is 0. The minimum Gasteiger partial charge on any atom is -0.493 e. The van der Waals surface area contributed by atoms with Crippen LogP contribution in [0.4, 0.5) is 0 Å². The summed E-state index contributed by atoms with van der Waals surface area (Å²) in [4.78, 5) is 0. The Morgan fingerprint density at radius 2 is 0.906 bits per heavy atom. The Hall–Kier alpha value is -2.22. The lowest BCUT2D eigenvalue weighted by Crippen LogP contribution is -1.99. The van der Waals surface area contributed by atoms with E-state index >= 15 is 0 Å². The molecule has 2 heteroatoms. The second-order valence-electron chi connectivity index (χ2n) is 9.04. The van der Waals surface area contributed by atoms with Gasteiger partial charge in [0, 0.05) is 10.8 Å². The molecule has 0 aliphatic carbocycles. The number of benzene rings is 3. The van der Waals surface area contributed by atoms with E-state index in [-0.39, 0.29) is 0 Å². The monoisotopic (exact) mass is 434 g/mol. The third-order valence-electron chi connectivity index (χ3n) is 6.31. The Bertz CT molecular complexity index is 853. The maximum absolute atomic E-state index is 6.19. The van der Waals surface area contributed by atoms with E-state index in [0.29, 0.717) is 0 Å². The Labute approximate surface area is 195 Å². The molecule has 0 saturated carbocycles. The first kappa shape index (κ1) is 24.4. The summed E-state index contributed by atoms with van der Waals surface area (Å²) >= 11 is 0. The minimum atomic E-state index is 0.796. The first-order valence-corrected chi connectivity index (χ1v) is 13.0. The Balaban J connectivity index is 1.61. The van der Waals surface area contributed by atoms with Gasteiger partial charge in [-0.3, -0.25) is 0 Å². The second kappa shape index (κ2) is 14.0. The molecule has 0 aliphatic rings. The van der Waals surface area contributed by atoms with Crippen molar-refractivity contribution in [1.29, 1.82) is 0 Å². The van der Waals surface area contributed by atoms with Crippen LogP contribution in [0.3, 0.4) is 0 Å². The van der Waals surface area contributed by atoms with Gasteiger partial charge in [-0.2, -0.15) is 0 Å². The van der Waals surface area contributed by atoms with E-state index in [1.165, 1.54) is 85.8 Å². The van der Waals surface area contributed by atoms with Gasteiger partial charge in [-0.25, -0.2) is 0 Å². The lowest BCUT2D eigenvalue weighted by Gasteiger charge is -2.13. The summed E-state index contributed by atoms with van der Waals surface area (Å²) in [6.45, 7) is 6.12. The SMILES string of the molecule is CCCCCCCCOc1cccc2cc3c(OCCCCCCCC)cccc3cc12. The molecule has 0 atom stereocenters. The molecular formula is C30H42O2. The molecule has 32 heavy (non-hydrogen) atoms. The van der Waals surface area contributed by atoms with Gasteiger partial charge < -0.3 is 9.47 Å². The fourth-order valence-electron chi connectivity index (χ4n) is 4.37. The molecule has 0 aromatic heterocycles. The molecule has 0 saturated heterocycles. The van der Waals surface area contributed by atoms with Gasteiger partial charge in [0.2, 0.25) is 0 Å². The van der Waals surface area contributed by atoms with Gasteiger partial charge >= 0.3 is 0 Å². The molecule has 174 valence electrons. The molecule has 0 unspecified atom stereocenters. The van der Waals surface area contributed by atoms with Crippen molar-refractivity contribution >= 4 is 21.5 Å². The highest BCUT2D eigenvalue weighted by atomic mass is 16.5. The highest BCUT2D eigenvalue weighted by Crippen LogP contribution is 2.34. The largest absolute Gasteiger partial charge is 0.493 e. The third-order valence-corrected chi connectivity index (χ3v) is 6.31. The van der Waals surface area contributed by atoms with Crippen molar-refractivity contribution < 1.29 is 9.47 Å². The van der Waals surface area contributed by atoms with Crippen LogP contribution in [0.25, 0.3) is 21.5 Å². The summed E-state index contributed by atoms with van der Waals surface area (Å²) in [5, 5.41) is 4.82. The second-order valence-corrected chi connectivity index (χ2v) is 9.04. The predicted octanol–water partition coefficient (Wildman–Crippen LogP) is 9.47. The van der Waals surface area contributed by atoms with Crippen LogP contribution in [0.5, 0.6) is 11.5 Å². The van der Waals surface area contributed by atoms with Crippen molar-refractivity contribution in [1.82, 2.24) is 0 Å². The molecule has 0 fully saturated rings. The predicted molar refractivity (Wildman–Crippen MR) is 139 cm³/mol. The third kappa shape index (κ3) is 7.43. The Morgan fingerprint density at radius 3 is 1.34 bits per heavy atom. The molecule has 0 N–H and O–H groups in total. The number of fused-ring (bicyclic) bond motifs is 2. The number of ether oxygens (including phenoxy) is 2. The number of rotatable bonds is 16. The maximum atomic E-state index is 6.19. The van der Waals surface area contributed by atoms with Crippen LogP contribution in [0.15, 0.2) is 48.5 Å². The van der Waals surface area contributed by atoms with Crippen LogP contribution < -0.4 is 9.47 Å². The highest BCUT2D eigenvalue weighted by molar-refractivity contribution is 6.03. The molecule has 0 heterocycles. The van der Waals surface area contributed by atoms with Gasteiger partial charge in [0.25, 0.3) is 0 Å². The molecule has 3 rings (SSSR count). The van der Waals surface area contributed by atoms with Crippen molar-refractivity contribution in [3.63, 3.8) is 0 Å². The topological polar surface area (TPSA) is 18.5 Å². The lowest BCUT2D eigenvalue weighted by molar-refractivity contribution is 0.307. The number of unbranched alkanes of at least 4 members (excludes halogenated alkanes) is 10. The zero-order valence-electron chi connectivity index (χ0n) is 20.3. The van der Waals surface area contributed by atoms with E-state index in [1.807, 2.05) is 0 Å². The fourth-order valence-corrected chi connectivity index (χ4v) is 4.37. The molecule has 0 bridgehead atoms. The molecule has 0 aliphatic heterocycles. The van der Waals surface area contributed by atoms with Crippen LogP contribution >= 0.6 is 0 Å². The number of hydrogen-bond acceptors (Lipinski definition) is 2. The zero-order valence-corrected chi connectivity index (χ0v) is 20.3. The van der Waals surface area contributed by atoms with Gasteiger partial charge in [0.1, 0.15) is 11.5 Å². The molecule has 3 aromatic rings. The van der Waals surface area contributed by atoms with E-state index in [2.05, 4.69) is 62.4 Å². The van der Waals surface area contributed by atoms with Crippen molar-refractivity contribution in [2.45, 2.75) is 90.9 Å². The molecule has 2 nitrogen and oxygen atoms in total. The summed E-state index contributed by atoms with van der Waals surface area (Å²) in [5.74, 6) is 1.99. The van der Waals surface area contributed by atoms with E-state index < -0.39 is 0 Å². The maximum Gasteiger partial charge on any atom is 0.127 e. The van der Waals surface area contributed by atoms with Crippen LogP contribution in [-0.2, 0) is 0 Å². The smallest absolute Gasteiger partial charge is 0.127 e. The van der Waals surface area contributed by atoms with Gasteiger partial charge in [-0.05, 0) is 47.9 Å². The molecule has 0 amide bonds. The summed E-state index contributed by atoms with van der Waals surface area (Å²) in [6, 6.07) is 17.3. The van der Waals surface area contributed by atoms with E-state index in [9.17, 15) is 0 Å². The van der Waals surface area contributed by atoms with Crippen molar-refractivity contribution in [3.8, 4) is 11.5 Å². The average molecular weight is 435 g/mol. The van der Waals surface area contributed by atoms with Crippen molar-refractivity contribution in [3.05, 3.63) is 48.5 Å². The van der Waals surface area contributed by atoms with Crippen molar-refractivity contribution in [2.75, 3.05) is 13.2 Å². The first-order chi connectivity index (χ1) is 15.8. The van der Waals surface area contributed by atoms with Gasteiger partial charge in [0.15, 0.2) is 0 Å². The molecular weight excluding hydrogens is 392 g/mol. The fraction of sp³-hybridized carbons (Fsp3) is 0.533. The van der Waals surface area contributed by atoms with Gasteiger partial charge in [0.05, 0.1) is 13.2 Å². The van der Waals surface area contributed by atoms with Crippen LogP contribution in [0.2, 0.25) is 0 Å². The van der Waals surface area contributed by atoms with E-state index in [0.717, 1.165) is 37.6 Å². The first-order valence-electron chi connectivity index (χ1n) is 13.0. The van der Waals surface area contributed by atoms with E-state index in [1.54, 1.807) is 0 Å². The highest BCUT2D eigenvalue weighted by Gasteiger charge is 2.08. The van der Waals surface area contributed by atoms with Crippen molar-refractivity contribution in [2.24, 2.45) is 0 Å². The molecule has 0 radical (unpaired) electrons. The van der Waals surface area contributed by atoms with Gasteiger partial charge in [-0.15, -0.1) is 0 Å². The quantitative estimate of drug-likeness (QED) is 0.165. The molecule has 3 aromatic carbocycles. The Kier molecular flexibility index (Phi) is 10.7. The molecule has 0 spiro atoms. The number of hydrogen-bond donors (Lipinski definition) is 0. The summed E-state index contributed by atoms with van der Waals surface area (Å²) < 4.78 is 12.4.